The number of para-hydroxylation sites is 1. The van der Waals surface area contributed by atoms with Gasteiger partial charge in [-0.3, -0.25) is 14.6 Å². The van der Waals surface area contributed by atoms with Crippen LogP contribution >= 0.6 is 11.3 Å². The number of hydrogen-bond donors (Lipinski definition) is 1. The third-order valence-corrected chi connectivity index (χ3v) is 4.55. The molecule has 0 aliphatic heterocycles. The number of pyridine rings is 1. The molecule has 3 rings (SSSR count). The van der Waals surface area contributed by atoms with Gasteiger partial charge in [0.2, 0.25) is 0 Å². The van der Waals surface area contributed by atoms with Gasteiger partial charge < -0.3 is 5.11 Å². The number of fused-ring (bicyclic) bond motifs is 1. The number of halogens is 3. The maximum Gasteiger partial charge on any atom is 0.451 e. The summed E-state index contributed by atoms with van der Waals surface area (Å²) < 4.78 is 39.3. The maximum atomic E-state index is 13.1. The van der Waals surface area contributed by atoms with Gasteiger partial charge in [0, 0.05) is 11.6 Å². The van der Waals surface area contributed by atoms with Crippen LogP contribution in [-0.2, 0) is 4.79 Å². The largest absolute Gasteiger partial charge is 0.506 e. The Balaban J connectivity index is 2.24. The predicted molar refractivity (Wildman–Crippen MR) is 85.9 cm³/mol. The molecule has 1 atom stereocenters. The number of aromatic hydroxyl groups is 1. The Morgan fingerprint density at radius 1 is 1.12 bits per heavy atom. The predicted octanol–water partition coefficient (Wildman–Crippen LogP) is 4.10. The second-order valence-electron chi connectivity index (χ2n) is 5.21. The molecule has 4 nitrogen and oxygen atoms in total. The molecular formula is C17H10F3NO3S. The zero-order valence-corrected chi connectivity index (χ0v) is 13.3. The molecule has 0 saturated carbocycles. The number of phenols is 1. The molecule has 1 N–H and O–H groups in total. The lowest BCUT2D eigenvalue weighted by Gasteiger charge is -2.18. The number of carbonyl (C=O) groups is 2. The SMILES string of the molecule is O=C(c1cccs1)C(C(=O)C(F)(F)F)c1ccnc2c(O)cccc12. The summed E-state index contributed by atoms with van der Waals surface area (Å²) >= 11 is 0.956. The zero-order chi connectivity index (χ0) is 18.2. The molecule has 0 amide bonds. The van der Waals surface area contributed by atoms with Crippen molar-refractivity contribution >= 4 is 33.8 Å². The van der Waals surface area contributed by atoms with Crippen molar-refractivity contribution < 1.29 is 27.9 Å². The van der Waals surface area contributed by atoms with Gasteiger partial charge in [-0.15, -0.1) is 11.3 Å². The number of thiophene rings is 1. The Kier molecular flexibility index (Phi) is 4.30. The standard InChI is InChI=1S/C17H10F3NO3S/c18-17(19,20)16(24)13(15(23)12-5-2-8-25-12)9-6-7-21-14-10(9)3-1-4-11(14)22/h1-8,13,22H. The number of benzene rings is 1. The second-order valence-corrected chi connectivity index (χ2v) is 6.16. The highest BCUT2D eigenvalue weighted by atomic mass is 32.1. The van der Waals surface area contributed by atoms with Crippen molar-refractivity contribution in [2.24, 2.45) is 0 Å². The van der Waals surface area contributed by atoms with Crippen LogP contribution in [0.4, 0.5) is 13.2 Å². The Morgan fingerprint density at radius 3 is 2.52 bits per heavy atom. The number of ketones is 2. The molecule has 25 heavy (non-hydrogen) atoms. The number of rotatable bonds is 4. The number of aromatic nitrogens is 1. The minimum Gasteiger partial charge on any atom is -0.506 e. The van der Waals surface area contributed by atoms with Gasteiger partial charge in [0.05, 0.1) is 4.88 Å². The molecule has 2 heterocycles. The van der Waals surface area contributed by atoms with Crippen LogP contribution in [-0.4, -0.2) is 27.8 Å². The molecule has 0 radical (unpaired) electrons. The fourth-order valence-corrected chi connectivity index (χ4v) is 3.25. The first-order valence-corrected chi connectivity index (χ1v) is 7.94. The molecule has 0 aliphatic rings. The van der Waals surface area contributed by atoms with Gasteiger partial charge in [-0.2, -0.15) is 13.2 Å². The first-order valence-electron chi connectivity index (χ1n) is 7.06. The first kappa shape index (κ1) is 17.1. The Bertz CT molecular complexity index is 951. The zero-order valence-electron chi connectivity index (χ0n) is 12.4. The number of nitrogens with zero attached hydrogens (tertiary/aromatic N) is 1. The van der Waals surface area contributed by atoms with Crippen molar-refractivity contribution in [3.05, 3.63) is 58.4 Å². The van der Waals surface area contributed by atoms with Gasteiger partial charge in [-0.05, 0) is 29.1 Å². The number of Topliss-reactive ketones (excluding diaryl/α,β-unsaturated/α-hetero) is 2. The molecule has 0 aliphatic carbocycles. The highest BCUT2D eigenvalue weighted by molar-refractivity contribution is 7.12. The Hall–Kier alpha value is -2.74. The smallest absolute Gasteiger partial charge is 0.451 e. The Morgan fingerprint density at radius 2 is 1.88 bits per heavy atom. The lowest BCUT2D eigenvalue weighted by molar-refractivity contribution is -0.171. The summed E-state index contributed by atoms with van der Waals surface area (Å²) in [5.74, 6) is -5.39. The van der Waals surface area contributed by atoms with Crippen molar-refractivity contribution in [3.63, 3.8) is 0 Å². The minimum absolute atomic E-state index is 0.0268. The van der Waals surface area contributed by atoms with Crippen molar-refractivity contribution in [2.45, 2.75) is 12.1 Å². The van der Waals surface area contributed by atoms with Gasteiger partial charge in [-0.25, -0.2) is 0 Å². The monoisotopic (exact) mass is 365 g/mol. The van der Waals surface area contributed by atoms with Crippen LogP contribution in [0.2, 0.25) is 0 Å². The topological polar surface area (TPSA) is 67.3 Å². The van der Waals surface area contributed by atoms with E-state index in [1.54, 1.807) is 5.38 Å². The summed E-state index contributed by atoms with van der Waals surface area (Å²) in [6, 6.07) is 8.22. The normalized spacial score (nSPS) is 12.9. The molecule has 8 heteroatoms. The van der Waals surface area contributed by atoms with E-state index in [0.29, 0.717) is 0 Å². The summed E-state index contributed by atoms with van der Waals surface area (Å²) in [7, 11) is 0. The van der Waals surface area contributed by atoms with E-state index in [1.807, 2.05) is 0 Å². The lowest BCUT2D eigenvalue weighted by Crippen LogP contribution is -2.33. The third-order valence-electron chi connectivity index (χ3n) is 3.66. The van der Waals surface area contributed by atoms with Crippen LogP contribution in [0.25, 0.3) is 10.9 Å². The van der Waals surface area contributed by atoms with E-state index in [2.05, 4.69) is 4.98 Å². The molecule has 0 spiro atoms. The highest BCUT2D eigenvalue weighted by Gasteiger charge is 2.47. The van der Waals surface area contributed by atoms with E-state index >= 15 is 0 Å². The van der Waals surface area contributed by atoms with E-state index in [9.17, 15) is 27.9 Å². The van der Waals surface area contributed by atoms with Crippen LogP contribution < -0.4 is 0 Å². The van der Waals surface area contributed by atoms with Gasteiger partial charge in [0.25, 0.3) is 5.78 Å². The second kappa shape index (κ2) is 6.29. The lowest BCUT2D eigenvalue weighted by atomic mass is 9.87. The molecule has 128 valence electrons. The number of alkyl halides is 3. The van der Waals surface area contributed by atoms with Crippen molar-refractivity contribution in [1.29, 1.82) is 0 Å². The summed E-state index contributed by atoms with van der Waals surface area (Å²) in [5.41, 5.74) is -0.111. The van der Waals surface area contributed by atoms with E-state index in [4.69, 9.17) is 0 Å². The number of carbonyl (C=O) groups excluding carboxylic acids is 2. The average Bonchev–Trinajstić information content (AvgIpc) is 3.09. The van der Waals surface area contributed by atoms with Crippen LogP contribution in [0.15, 0.2) is 48.0 Å². The van der Waals surface area contributed by atoms with Gasteiger partial charge >= 0.3 is 6.18 Å². The minimum atomic E-state index is -5.18. The van der Waals surface area contributed by atoms with Crippen molar-refractivity contribution in [3.8, 4) is 5.75 Å². The van der Waals surface area contributed by atoms with E-state index < -0.39 is 23.7 Å². The van der Waals surface area contributed by atoms with Crippen LogP contribution in [0.3, 0.4) is 0 Å². The van der Waals surface area contributed by atoms with Crippen LogP contribution in [0.5, 0.6) is 5.75 Å². The fourth-order valence-electron chi connectivity index (χ4n) is 2.56. The van der Waals surface area contributed by atoms with E-state index in [-0.39, 0.29) is 27.1 Å². The maximum absolute atomic E-state index is 13.1. The summed E-state index contributed by atoms with van der Waals surface area (Å²) in [6.45, 7) is 0. The molecule has 2 aromatic heterocycles. The summed E-state index contributed by atoms with van der Waals surface area (Å²) in [6.07, 6.45) is -4.01. The van der Waals surface area contributed by atoms with Gasteiger partial charge in [0.1, 0.15) is 17.2 Å². The van der Waals surface area contributed by atoms with E-state index in [1.165, 1.54) is 36.4 Å². The number of hydrogen-bond acceptors (Lipinski definition) is 5. The molecular weight excluding hydrogens is 355 g/mol. The number of phenolic OH excluding ortho intramolecular Hbond substituents is 1. The first-order chi connectivity index (χ1) is 11.8. The molecule has 3 aromatic rings. The summed E-state index contributed by atoms with van der Waals surface area (Å²) in [5, 5.41) is 11.5. The van der Waals surface area contributed by atoms with Crippen LogP contribution in [0.1, 0.15) is 21.2 Å². The molecule has 0 saturated heterocycles. The molecule has 0 bridgehead atoms. The van der Waals surface area contributed by atoms with E-state index in [0.717, 1.165) is 17.5 Å². The molecule has 1 aromatic carbocycles. The highest BCUT2D eigenvalue weighted by Crippen LogP contribution is 2.36. The summed E-state index contributed by atoms with van der Waals surface area (Å²) in [4.78, 5) is 28.6. The fraction of sp³-hybridized carbons (Fsp3) is 0.118. The quantitative estimate of drug-likeness (QED) is 0.558. The van der Waals surface area contributed by atoms with Crippen LogP contribution in [0, 0.1) is 0 Å². The third kappa shape index (κ3) is 3.12. The molecule has 0 fully saturated rings. The van der Waals surface area contributed by atoms with Gasteiger partial charge in [-0.1, -0.05) is 18.2 Å². The average molecular weight is 365 g/mol. The van der Waals surface area contributed by atoms with Crippen molar-refractivity contribution in [2.75, 3.05) is 0 Å². The molecule has 1 unspecified atom stereocenters. The van der Waals surface area contributed by atoms with Gasteiger partial charge in [0.15, 0.2) is 5.78 Å². The van der Waals surface area contributed by atoms with Crippen molar-refractivity contribution in [1.82, 2.24) is 4.98 Å². The Labute approximate surface area is 143 Å².